The molecule has 1 rings (SSSR count). The molecule has 0 amide bonds. The van der Waals surface area contributed by atoms with Crippen LogP contribution in [0.2, 0.25) is 0 Å². The van der Waals surface area contributed by atoms with Crippen molar-refractivity contribution in [2.24, 2.45) is 0 Å². The molecule has 0 saturated carbocycles. The van der Waals surface area contributed by atoms with Crippen LogP contribution in [0.5, 0.6) is 5.75 Å². The van der Waals surface area contributed by atoms with Crippen LogP contribution in [0.1, 0.15) is 49.9 Å². The maximum atomic E-state index is 13.2. The highest BCUT2D eigenvalue weighted by molar-refractivity contribution is 6.00. The van der Waals surface area contributed by atoms with E-state index in [1.165, 1.54) is 6.07 Å². The number of Topliss-reactive ketones (excluding diaryl/α,β-unsaturated/α-hetero) is 1. The first-order chi connectivity index (χ1) is 9.58. The number of benzene rings is 1. The van der Waals surface area contributed by atoms with Crippen LogP contribution in [0.25, 0.3) is 0 Å². The first kappa shape index (κ1) is 16.6. The van der Waals surface area contributed by atoms with Crippen LogP contribution in [0, 0.1) is 5.82 Å². The molecule has 4 heteroatoms. The van der Waals surface area contributed by atoms with Crippen molar-refractivity contribution in [1.82, 2.24) is 4.90 Å². The number of phenolic OH excluding ortho intramolecular Hbond substituents is 1. The number of ketones is 1. The van der Waals surface area contributed by atoms with Crippen molar-refractivity contribution in [3.8, 4) is 5.75 Å². The minimum atomic E-state index is -0.500. The van der Waals surface area contributed by atoms with Gasteiger partial charge in [0.25, 0.3) is 0 Å². The molecule has 0 heterocycles. The summed E-state index contributed by atoms with van der Waals surface area (Å²) in [5, 5.41) is 9.66. The van der Waals surface area contributed by atoms with E-state index in [1.54, 1.807) is 0 Å². The highest BCUT2D eigenvalue weighted by Gasteiger charge is 2.16. The Balaban J connectivity index is 2.70. The van der Waals surface area contributed by atoms with Gasteiger partial charge in [-0.2, -0.15) is 0 Å². The fourth-order valence-electron chi connectivity index (χ4n) is 2.05. The van der Waals surface area contributed by atoms with Gasteiger partial charge < -0.3 is 5.11 Å². The Hall–Kier alpha value is -1.42. The molecule has 0 spiro atoms. The summed E-state index contributed by atoms with van der Waals surface area (Å²) in [6, 6.07) is 3.48. The first-order valence-electron chi connectivity index (χ1n) is 7.32. The van der Waals surface area contributed by atoms with Crippen LogP contribution in [0.15, 0.2) is 18.2 Å². The molecule has 0 atom stereocenters. The summed E-state index contributed by atoms with van der Waals surface area (Å²) < 4.78 is 13.2. The molecule has 0 aromatic heterocycles. The lowest BCUT2D eigenvalue weighted by Gasteiger charge is -2.21. The molecule has 0 radical (unpaired) electrons. The summed E-state index contributed by atoms with van der Waals surface area (Å²) >= 11 is 0. The maximum absolute atomic E-state index is 13.2. The zero-order valence-electron chi connectivity index (χ0n) is 12.4. The number of carbonyl (C=O) groups excluding carboxylic acids is 1. The second-order valence-electron chi connectivity index (χ2n) is 5.07. The van der Waals surface area contributed by atoms with Gasteiger partial charge in [-0.3, -0.25) is 9.69 Å². The molecule has 0 unspecified atom stereocenters. The topological polar surface area (TPSA) is 40.5 Å². The third kappa shape index (κ3) is 5.29. The van der Waals surface area contributed by atoms with Crippen molar-refractivity contribution in [3.63, 3.8) is 0 Å². The Morgan fingerprint density at radius 1 is 1.20 bits per heavy atom. The summed E-state index contributed by atoms with van der Waals surface area (Å²) in [6.07, 6.45) is 4.21. The van der Waals surface area contributed by atoms with E-state index >= 15 is 0 Å². The number of carbonyl (C=O) groups is 1. The Kier molecular flexibility index (Phi) is 7.23. The van der Waals surface area contributed by atoms with Gasteiger partial charge >= 0.3 is 0 Å². The quantitative estimate of drug-likeness (QED) is 0.703. The largest absolute Gasteiger partial charge is 0.507 e. The molecular formula is C16H24FNO2. The lowest BCUT2D eigenvalue weighted by Crippen LogP contribution is -2.32. The second kappa shape index (κ2) is 8.69. The van der Waals surface area contributed by atoms with Crippen LogP contribution in [0.4, 0.5) is 4.39 Å². The fraction of sp³-hybridized carbons (Fsp3) is 0.562. The Morgan fingerprint density at radius 3 is 2.35 bits per heavy atom. The Labute approximate surface area is 120 Å². The van der Waals surface area contributed by atoms with Crippen molar-refractivity contribution in [1.29, 1.82) is 0 Å². The predicted molar refractivity (Wildman–Crippen MR) is 78.7 cm³/mol. The average Bonchev–Trinajstić information content (AvgIpc) is 2.44. The molecule has 0 aliphatic carbocycles. The highest BCUT2D eigenvalue weighted by atomic mass is 19.1. The van der Waals surface area contributed by atoms with Crippen molar-refractivity contribution < 1.29 is 14.3 Å². The van der Waals surface area contributed by atoms with Crippen molar-refractivity contribution in [3.05, 3.63) is 29.6 Å². The molecule has 0 bridgehead atoms. The minimum Gasteiger partial charge on any atom is -0.507 e. The van der Waals surface area contributed by atoms with E-state index in [1.807, 2.05) is 0 Å². The zero-order chi connectivity index (χ0) is 15.0. The first-order valence-corrected chi connectivity index (χ1v) is 7.32. The van der Waals surface area contributed by atoms with Crippen LogP contribution >= 0.6 is 0 Å². The normalized spacial score (nSPS) is 11.0. The zero-order valence-corrected chi connectivity index (χ0v) is 12.4. The van der Waals surface area contributed by atoms with E-state index < -0.39 is 5.82 Å². The monoisotopic (exact) mass is 281 g/mol. The van der Waals surface area contributed by atoms with E-state index in [-0.39, 0.29) is 23.6 Å². The summed E-state index contributed by atoms with van der Waals surface area (Å²) in [5.41, 5.74) is 0.0722. The van der Waals surface area contributed by atoms with E-state index in [0.29, 0.717) is 0 Å². The van der Waals surface area contributed by atoms with Crippen LogP contribution in [-0.2, 0) is 0 Å². The summed E-state index contributed by atoms with van der Waals surface area (Å²) in [7, 11) is 0. The summed E-state index contributed by atoms with van der Waals surface area (Å²) in [5.74, 6) is -0.878. The highest BCUT2D eigenvalue weighted by Crippen LogP contribution is 2.19. The third-order valence-corrected chi connectivity index (χ3v) is 3.28. The van der Waals surface area contributed by atoms with E-state index in [4.69, 9.17) is 0 Å². The van der Waals surface area contributed by atoms with Gasteiger partial charge in [-0.15, -0.1) is 0 Å². The van der Waals surface area contributed by atoms with Gasteiger partial charge in [-0.25, -0.2) is 4.39 Å². The van der Waals surface area contributed by atoms with E-state index in [9.17, 15) is 14.3 Å². The number of hydrogen-bond acceptors (Lipinski definition) is 3. The number of halogens is 1. The lowest BCUT2D eigenvalue weighted by molar-refractivity contribution is 0.0925. The standard InChI is InChI=1S/C16H24FNO2/c1-3-5-9-18(10-6-4-2)12-16(20)14-11-13(17)7-8-15(14)19/h7-8,11,19H,3-6,9-10,12H2,1-2H3. The van der Waals surface area contributed by atoms with Crippen molar-refractivity contribution in [2.75, 3.05) is 19.6 Å². The maximum Gasteiger partial charge on any atom is 0.180 e. The van der Waals surface area contributed by atoms with Gasteiger partial charge in [-0.05, 0) is 44.1 Å². The van der Waals surface area contributed by atoms with E-state index in [0.717, 1.165) is 50.9 Å². The number of nitrogens with zero attached hydrogens (tertiary/aromatic N) is 1. The number of hydrogen-bond donors (Lipinski definition) is 1. The van der Waals surface area contributed by atoms with Gasteiger partial charge in [-0.1, -0.05) is 26.7 Å². The molecule has 1 aromatic rings. The summed E-state index contributed by atoms with van der Waals surface area (Å²) in [6.45, 7) is 6.17. The number of aromatic hydroxyl groups is 1. The van der Waals surface area contributed by atoms with Gasteiger partial charge in [0.15, 0.2) is 5.78 Å². The molecule has 20 heavy (non-hydrogen) atoms. The molecule has 112 valence electrons. The smallest absolute Gasteiger partial charge is 0.180 e. The van der Waals surface area contributed by atoms with Gasteiger partial charge in [0.05, 0.1) is 12.1 Å². The molecule has 0 aliphatic heterocycles. The Bertz CT molecular complexity index is 426. The van der Waals surface area contributed by atoms with Crippen LogP contribution < -0.4 is 0 Å². The second-order valence-corrected chi connectivity index (χ2v) is 5.07. The summed E-state index contributed by atoms with van der Waals surface area (Å²) in [4.78, 5) is 14.3. The molecule has 1 N–H and O–H groups in total. The molecule has 0 saturated heterocycles. The van der Waals surface area contributed by atoms with Crippen molar-refractivity contribution >= 4 is 5.78 Å². The Morgan fingerprint density at radius 2 is 1.80 bits per heavy atom. The number of phenols is 1. The number of unbranched alkanes of at least 4 members (excludes halogenated alkanes) is 2. The van der Waals surface area contributed by atoms with Gasteiger partial charge in [0.2, 0.25) is 0 Å². The van der Waals surface area contributed by atoms with Crippen LogP contribution in [-0.4, -0.2) is 35.4 Å². The lowest BCUT2D eigenvalue weighted by atomic mass is 10.1. The van der Waals surface area contributed by atoms with E-state index in [2.05, 4.69) is 18.7 Å². The van der Waals surface area contributed by atoms with Crippen LogP contribution in [0.3, 0.4) is 0 Å². The number of rotatable bonds is 9. The molecule has 3 nitrogen and oxygen atoms in total. The SMILES string of the molecule is CCCCN(CCCC)CC(=O)c1cc(F)ccc1O. The molecular weight excluding hydrogens is 257 g/mol. The average molecular weight is 281 g/mol. The third-order valence-electron chi connectivity index (χ3n) is 3.28. The fourth-order valence-corrected chi connectivity index (χ4v) is 2.05. The van der Waals surface area contributed by atoms with Crippen molar-refractivity contribution in [2.45, 2.75) is 39.5 Å². The minimum absolute atomic E-state index is 0.0722. The predicted octanol–water partition coefficient (Wildman–Crippen LogP) is 3.62. The van der Waals surface area contributed by atoms with Gasteiger partial charge in [0, 0.05) is 0 Å². The molecule has 1 aromatic carbocycles. The molecule has 0 fully saturated rings. The van der Waals surface area contributed by atoms with Gasteiger partial charge in [0.1, 0.15) is 11.6 Å². The molecule has 0 aliphatic rings.